The fraction of sp³-hybridized carbons (Fsp3) is 0.690. The fourth-order valence-electron chi connectivity index (χ4n) is 4.51. The number of aliphatic carboxylic acids is 3. The van der Waals surface area contributed by atoms with Crippen LogP contribution in [0.2, 0.25) is 0 Å². The number of carboxylic acids is 3. The van der Waals surface area contributed by atoms with Crippen LogP contribution in [-0.2, 0) is 44.7 Å². The van der Waals surface area contributed by atoms with Crippen LogP contribution in [0, 0.1) is 11.8 Å². The van der Waals surface area contributed by atoms with Gasteiger partial charge in [-0.25, -0.2) is 4.79 Å². The summed E-state index contributed by atoms with van der Waals surface area (Å²) in [6.45, 7) is 14.9. The first-order valence-corrected chi connectivity index (χ1v) is 19.7. The van der Waals surface area contributed by atoms with Crippen LogP contribution in [0.5, 0.6) is 0 Å². The second-order valence-electron chi connectivity index (χ2n) is 15.6. The van der Waals surface area contributed by atoms with E-state index in [-0.39, 0.29) is 43.6 Å². The minimum Gasteiger partial charge on any atom is -0.481 e. The summed E-state index contributed by atoms with van der Waals surface area (Å²) in [5.41, 5.74) is 0.0307. The lowest BCUT2D eigenvalue weighted by Gasteiger charge is -2.24. The summed E-state index contributed by atoms with van der Waals surface area (Å²) in [5.74, 6) is -1.87. The Balaban J connectivity index is -0.000000312. The average Bonchev–Trinajstić information content (AvgIpc) is 3.05. The van der Waals surface area contributed by atoms with E-state index in [2.05, 4.69) is 0 Å². The van der Waals surface area contributed by atoms with Crippen LogP contribution in [0.4, 0.5) is 4.79 Å². The van der Waals surface area contributed by atoms with Gasteiger partial charge in [-0.05, 0) is 101 Å². The number of nitrogens with zero attached hydrogens (tertiary/aromatic N) is 1. The second kappa shape index (κ2) is 34.3. The molecule has 1 aromatic carbocycles. The molecule has 3 N–H and O–H groups in total. The van der Waals surface area contributed by atoms with Crippen LogP contribution < -0.4 is 0 Å². The van der Waals surface area contributed by atoms with E-state index in [4.69, 9.17) is 48.0 Å². The van der Waals surface area contributed by atoms with E-state index in [1.165, 1.54) is 37.0 Å². The molecule has 0 aliphatic heterocycles. The summed E-state index contributed by atoms with van der Waals surface area (Å²) >= 11 is 10.3. The first-order chi connectivity index (χ1) is 25.7. The van der Waals surface area contributed by atoms with Crippen molar-refractivity contribution in [1.29, 1.82) is 0 Å². The summed E-state index contributed by atoms with van der Waals surface area (Å²) in [6, 6.07) is 9.62. The SMILES string of the molecule is C.CC(C)(C)OC(=O)CCC(=O)O.CC(C)CC(=O)Cl.CN(CCCC(=O)O)C(=O)OC(C)(C)C.O=C(Cl)CCC1CCCCC1.O=C(O)CCc1ccccc1. The molecule has 1 saturated carbocycles. The lowest BCUT2D eigenvalue weighted by molar-refractivity contribution is -0.157. The molecular weight excluding hydrogens is 781 g/mol. The van der Waals surface area contributed by atoms with E-state index in [0.29, 0.717) is 38.1 Å². The Morgan fingerprint density at radius 3 is 1.60 bits per heavy atom. The maximum atomic E-state index is 11.4. The number of hydrogen-bond donors (Lipinski definition) is 3. The number of esters is 1. The van der Waals surface area contributed by atoms with Gasteiger partial charge in [0.2, 0.25) is 10.5 Å². The highest BCUT2D eigenvalue weighted by Gasteiger charge is 2.19. The number of carbonyl (C=O) groups is 7. The molecule has 0 atom stereocenters. The molecule has 0 spiro atoms. The molecule has 0 bridgehead atoms. The molecule has 1 fully saturated rings. The minimum atomic E-state index is -0.985. The van der Waals surface area contributed by atoms with Crippen LogP contribution >= 0.6 is 23.2 Å². The van der Waals surface area contributed by atoms with E-state index in [1.807, 2.05) is 44.2 Å². The van der Waals surface area contributed by atoms with Gasteiger partial charge in [0.1, 0.15) is 11.2 Å². The summed E-state index contributed by atoms with van der Waals surface area (Å²) in [6.07, 6.45) is 9.45. The maximum Gasteiger partial charge on any atom is 0.410 e. The molecule has 1 aromatic rings. The summed E-state index contributed by atoms with van der Waals surface area (Å²) < 4.78 is 9.98. The van der Waals surface area contributed by atoms with Crippen molar-refractivity contribution < 1.29 is 58.4 Å². The van der Waals surface area contributed by atoms with Gasteiger partial charge < -0.3 is 29.7 Å². The van der Waals surface area contributed by atoms with E-state index < -0.39 is 41.2 Å². The number of rotatable bonds is 15. The molecule has 0 heterocycles. The number of carbonyl (C=O) groups excluding carboxylic acids is 4. The molecule has 0 aromatic heterocycles. The number of benzene rings is 1. The largest absolute Gasteiger partial charge is 0.481 e. The van der Waals surface area contributed by atoms with Crippen LogP contribution in [0.1, 0.15) is 152 Å². The van der Waals surface area contributed by atoms with Crippen molar-refractivity contribution in [1.82, 2.24) is 4.90 Å². The topological polar surface area (TPSA) is 202 Å². The van der Waals surface area contributed by atoms with Gasteiger partial charge in [0.25, 0.3) is 0 Å². The third-order valence-electron chi connectivity index (χ3n) is 7.07. The van der Waals surface area contributed by atoms with Gasteiger partial charge in [-0.15, -0.1) is 0 Å². The number of hydrogen-bond acceptors (Lipinski definition) is 9. The highest BCUT2D eigenvalue weighted by molar-refractivity contribution is 6.63. The molecular formula is C42H71Cl2NO12. The average molecular weight is 853 g/mol. The first-order valence-electron chi connectivity index (χ1n) is 19.0. The lowest BCUT2D eigenvalue weighted by Crippen LogP contribution is -2.34. The predicted molar refractivity (Wildman–Crippen MR) is 225 cm³/mol. The third kappa shape index (κ3) is 50.3. The number of carboxylic acid groups (broad SMARTS) is 3. The molecule has 1 aliphatic rings. The van der Waals surface area contributed by atoms with Crippen LogP contribution in [0.15, 0.2) is 30.3 Å². The standard InChI is InChI=1S/C10H19NO4.C9H15ClO.C9H10O2.C8H14O4.C5H9ClO.CH4/c1-10(2,3)15-9(14)11(4)7-5-6-8(12)13;2*10-9(11)7-6-8-4-2-1-3-5-8;1-8(2,3)12-7(11)5-4-6(9)10;1-4(2)3-5(6)7;/h5-7H2,1-4H3,(H,12,13);8H,1-7H2;1-5H,6-7H2,(H,10,11);4-5H2,1-3H3,(H,9,10);4H,3H2,1-2H3;1H4. The predicted octanol–water partition coefficient (Wildman–Crippen LogP) is 10.2. The molecule has 15 heteroatoms. The summed E-state index contributed by atoms with van der Waals surface area (Å²) in [5, 5.41) is 24.6. The van der Waals surface area contributed by atoms with Gasteiger partial charge in [0.15, 0.2) is 0 Å². The van der Waals surface area contributed by atoms with E-state index in [1.54, 1.807) is 48.6 Å². The highest BCUT2D eigenvalue weighted by atomic mass is 35.5. The molecule has 0 saturated heterocycles. The molecule has 0 unspecified atom stereocenters. The Kier molecular flexibility index (Phi) is 36.1. The van der Waals surface area contributed by atoms with E-state index in [9.17, 15) is 33.6 Å². The van der Waals surface area contributed by atoms with Crippen LogP contribution in [0.3, 0.4) is 0 Å². The molecule has 1 amide bonds. The van der Waals surface area contributed by atoms with Crippen LogP contribution in [0.25, 0.3) is 0 Å². The molecule has 2 rings (SSSR count). The van der Waals surface area contributed by atoms with Crippen molar-refractivity contribution in [2.24, 2.45) is 11.8 Å². The molecule has 13 nitrogen and oxygen atoms in total. The molecule has 57 heavy (non-hydrogen) atoms. The van der Waals surface area contributed by atoms with E-state index in [0.717, 1.165) is 17.9 Å². The van der Waals surface area contributed by atoms with Crippen molar-refractivity contribution >= 4 is 63.7 Å². The summed E-state index contributed by atoms with van der Waals surface area (Å²) in [4.78, 5) is 74.6. The van der Waals surface area contributed by atoms with E-state index >= 15 is 0 Å². The Bertz CT molecular complexity index is 1290. The molecule has 1 aliphatic carbocycles. The number of ether oxygens (including phenoxy) is 2. The van der Waals surface area contributed by atoms with Gasteiger partial charge in [0, 0.05) is 39.3 Å². The number of amides is 1. The van der Waals surface area contributed by atoms with Crippen molar-refractivity contribution in [3.63, 3.8) is 0 Å². The zero-order valence-corrected chi connectivity index (χ0v) is 36.4. The van der Waals surface area contributed by atoms with Gasteiger partial charge in [-0.2, -0.15) is 0 Å². The van der Waals surface area contributed by atoms with Crippen molar-refractivity contribution in [3.8, 4) is 0 Å². The zero-order valence-electron chi connectivity index (χ0n) is 34.9. The number of halogens is 2. The molecule has 0 radical (unpaired) electrons. The fourth-order valence-corrected chi connectivity index (χ4v) is 4.93. The van der Waals surface area contributed by atoms with Gasteiger partial charge >= 0.3 is 30.0 Å². The van der Waals surface area contributed by atoms with Crippen LogP contribution in [-0.4, -0.2) is 85.5 Å². The third-order valence-corrected chi connectivity index (χ3v) is 7.41. The van der Waals surface area contributed by atoms with Crippen molar-refractivity contribution in [2.45, 2.75) is 164 Å². The Morgan fingerprint density at radius 2 is 1.21 bits per heavy atom. The summed E-state index contributed by atoms with van der Waals surface area (Å²) in [7, 11) is 1.59. The first kappa shape index (κ1) is 60.0. The minimum absolute atomic E-state index is 0. The Hall–Kier alpha value is -3.71. The van der Waals surface area contributed by atoms with Gasteiger partial charge in [-0.1, -0.05) is 83.7 Å². The quantitative estimate of drug-likeness (QED) is 0.111. The highest BCUT2D eigenvalue weighted by Crippen LogP contribution is 2.27. The maximum absolute atomic E-state index is 11.4. The van der Waals surface area contributed by atoms with Crippen molar-refractivity contribution in [2.75, 3.05) is 13.6 Å². The second-order valence-corrected chi connectivity index (χ2v) is 16.5. The van der Waals surface area contributed by atoms with Gasteiger partial charge in [-0.3, -0.25) is 28.8 Å². The Labute approximate surface area is 351 Å². The number of aryl methyl sites for hydroxylation is 1. The van der Waals surface area contributed by atoms with Gasteiger partial charge in [0.05, 0.1) is 12.8 Å². The normalized spacial score (nSPS) is 12.1. The Morgan fingerprint density at radius 1 is 0.719 bits per heavy atom. The molecule has 330 valence electrons. The lowest BCUT2D eigenvalue weighted by atomic mass is 9.86. The monoisotopic (exact) mass is 851 g/mol. The van der Waals surface area contributed by atoms with Crippen molar-refractivity contribution in [3.05, 3.63) is 35.9 Å². The smallest absolute Gasteiger partial charge is 0.410 e. The zero-order chi connectivity index (χ0) is 43.9.